The number of hydrogen-bond donors (Lipinski definition) is 2. The van der Waals surface area contributed by atoms with Crippen molar-refractivity contribution >= 4 is 22.7 Å². The summed E-state index contributed by atoms with van der Waals surface area (Å²) >= 11 is 0. The van der Waals surface area contributed by atoms with Gasteiger partial charge in [0.1, 0.15) is 17.2 Å². The van der Waals surface area contributed by atoms with E-state index >= 15 is 0 Å². The molecule has 0 fully saturated rings. The first kappa shape index (κ1) is 14.3. The fourth-order valence-electron chi connectivity index (χ4n) is 2.52. The van der Waals surface area contributed by atoms with E-state index in [-0.39, 0.29) is 5.82 Å². The molecule has 0 aliphatic heterocycles. The molecule has 114 valence electrons. The van der Waals surface area contributed by atoms with Crippen molar-refractivity contribution in [1.82, 2.24) is 14.5 Å². The van der Waals surface area contributed by atoms with Crippen LogP contribution in [-0.2, 0) is 20.0 Å². The smallest absolute Gasteiger partial charge is 0.154 e. The third-order valence-electron chi connectivity index (χ3n) is 3.75. The van der Waals surface area contributed by atoms with Gasteiger partial charge in [-0.25, -0.2) is 14.4 Å². The third-order valence-corrected chi connectivity index (χ3v) is 3.75. The van der Waals surface area contributed by atoms with Crippen molar-refractivity contribution in [2.24, 2.45) is 7.05 Å². The van der Waals surface area contributed by atoms with Crippen LogP contribution < -0.4 is 11.1 Å². The zero-order valence-electron chi connectivity index (χ0n) is 12.6. The number of nitrogens with one attached hydrogen (secondary N) is 1. The van der Waals surface area contributed by atoms with Gasteiger partial charge in [-0.1, -0.05) is 13.0 Å². The van der Waals surface area contributed by atoms with Crippen molar-refractivity contribution in [2.45, 2.75) is 19.9 Å². The summed E-state index contributed by atoms with van der Waals surface area (Å²) in [6.07, 6.45) is 2.49. The number of hydrogen-bond acceptors (Lipinski definition) is 4. The number of nitrogens with two attached hydrogens (primary N) is 1. The van der Waals surface area contributed by atoms with Crippen molar-refractivity contribution in [3.05, 3.63) is 47.5 Å². The van der Waals surface area contributed by atoms with Crippen LogP contribution in [0.4, 0.5) is 16.0 Å². The largest absolute Gasteiger partial charge is 0.382 e. The Bertz CT molecular complexity index is 825. The number of halogens is 1. The van der Waals surface area contributed by atoms with Crippen LogP contribution in [0.15, 0.2) is 30.6 Å². The topological polar surface area (TPSA) is 68.8 Å². The van der Waals surface area contributed by atoms with Crippen molar-refractivity contribution in [2.75, 3.05) is 11.1 Å². The summed E-state index contributed by atoms with van der Waals surface area (Å²) in [4.78, 5) is 8.54. The molecule has 3 rings (SSSR count). The van der Waals surface area contributed by atoms with E-state index < -0.39 is 0 Å². The highest BCUT2D eigenvalue weighted by molar-refractivity contribution is 5.87. The van der Waals surface area contributed by atoms with Crippen molar-refractivity contribution in [3.63, 3.8) is 0 Å². The molecule has 2 heterocycles. The third kappa shape index (κ3) is 2.59. The van der Waals surface area contributed by atoms with E-state index in [0.29, 0.717) is 23.7 Å². The average molecular weight is 299 g/mol. The maximum atomic E-state index is 13.3. The number of imidazole rings is 1. The predicted octanol–water partition coefficient (Wildman–Crippen LogP) is 2.86. The van der Waals surface area contributed by atoms with Crippen molar-refractivity contribution in [3.8, 4) is 0 Å². The highest BCUT2D eigenvalue weighted by Crippen LogP contribution is 2.21. The van der Waals surface area contributed by atoms with E-state index in [4.69, 9.17) is 5.73 Å². The molecule has 0 aliphatic rings. The standard InChI is InChI=1S/C16H18FN5/c1-3-10-6-12(17)5-4-11(10)8-19-14-7-13-15(16(18)21-14)20-9-22(13)2/h4-7,9H,3,8H2,1-2H3,(H3,18,19,21). The summed E-state index contributed by atoms with van der Waals surface area (Å²) in [6, 6.07) is 6.76. The number of rotatable bonds is 4. The lowest BCUT2D eigenvalue weighted by molar-refractivity contribution is 0.624. The molecule has 0 unspecified atom stereocenters. The molecule has 3 N–H and O–H groups in total. The molecule has 5 nitrogen and oxygen atoms in total. The van der Waals surface area contributed by atoms with Gasteiger partial charge in [-0.05, 0) is 29.7 Å². The summed E-state index contributed by atoms with van der Waals surface area (Å²) in [5, 5.41) is 3.25. The molecule has 6 heteroatoms. The van der Waals surface area contributed by atoms with Gasteiger partial charge in [0.15, 0.2) is 5.82 Å². The van der Waals surface area contributed by atoms with Crippen molar-refractivity contribution < 1.29 is 4.39 Å². The van der Waals surface area contributed by atoms with Crippen LogP contribution in [0.2, 0.25) is 0 Å². The maximum Gasteiger partial charge on any atom is 0.154 e. The molecule has 0 radical (unpaired) electrons. The molecule has 0 bridgehead atoms. The Morgan fingerprint density at radius 3 is 2.86 bits per heavy atom. The van der Waals surface area contributed by atoms with Gasteiger partial charge in [0.2, 0.25) is 0 Å². The van der Waals surface area contributed by atoms with E-state index in [1.807, 2.05) is 24.6 Å². The normalized spacial score (nSPS) is 11.0. The number of nitrogen functional groups attached to an aromatic ring is 1. The molecule has 0 amide bonds. The van der Waals surface area contributed by atoms with Crippen LogP contribution in [-0.4, -0.2) is 14.5 Å². The molecule has 2 aromatic heterocycles. The lowest BCUT2D eigenvalue weighted by Crippen LogP contribution is -2.06. The van der Waals surface area contributed by atoms with Gasteiger partial charge in [0.25, 0.3) is 0 Å². The van der Waals surface area contributed by atoms with Gasteiger partial charge in [0, 0.05) is 19.7 Å². The molecule has 1 aromatic carbocycles. The van der Waals surface area contributed by atoms with Gasteiger partial charge in [-0.2, -0.15) is 0 Å². The highest BCUT2D eigenvalue weighted by Gasteiger charge is 2.08. The molecule has 0 aliphatic carbocycles. The molecule has 3 aromatic rings. The molecular weight excluding hydrogens is 281 g/mol. The van der Waals surface area contributed by atoms with Gasteiger partial charge in [0.05, 0.1) is 11.8 Å². The second kappa shape index (κ2) is 5.63. The van der Waals surface area contributed by atoms with Crippen LogP contribution in [0.3, 0.4) is 0 Å². The molecule has 0 spiro atoms. The number of fused-ring (bicyclic) bond motifs is 1. The number of pyridine rings is 1. The zero-order chi connectivity index (χ0) is 15.7. The number of anilines is 2. The van der Waals surface area contributed by atoms with Crippen LogP contribution >= 0.6 is 0 Å². The first-order chi connectivity index (χ1) is 10.6. The lowest BCUT2D eigenvalue weighted by Gasteiger charge is -2.11. The number of aromatic nitrogens is 3. The van der Waals surface area contributed by atoms with E-state index in [1.165, 1.54) is 6.07 Å². The number of aryl methyl sites for hydroxylation is 2. The highest BCUT2D eigenvalue weighted by atomic mass is 19.1. The summed E-state index contributed by atoms with van der Waals surface area (Å²) in [5.74, 6) is 0.870. The lowest BCUT2D eigenvalue weighted by atomic mass is 10.1. The van der Waals surface area contributed by atoms with Gasteiger partial charge < -0.3 is 15.6 Å². The minimum atomic E-state index is -0.209. The summed E-state index contributed by atoms with van der Waals surface area (Å²) in [5.41, 5.74) is 9.60. The first-order valence-corrected chi connectivity index (χ1v) is 7.17. The molecule has 0 saturated heterocycles. The number of nitrogens with zero attached hydrogens (tertiary/aromatic N) is 3. The van der Waals surface area contributed by atoms with Gasteiger partial charge >= 0.3 is 0 Å². The first-order valence-electron chi connectivity index (χ1n) is 7.17. The van der Waals surface area contributed by atoms with Crippen molar-refractivity contribution in [1.29, 1.82) is 0 Å². The maximum absolute atomic E-state index is 13.3. The van der Waals surface area contributed by atoms with Crippen LogP contribution in [0.1, 0.15) is 18.1 Å². The fraction of sp³-hybridized carbons (Fsp3) is 0.250. The van der Waals surface area contributed by atoms with Gasteiger partial charge in [-0.3, -0.25) is 0 Å². The average Bonchev–Trinajstić information content (AvgIpc) is 2.88. The Balaban J connectivity index is 1.86. The predicted molar refractivity (Wildman–Crippen MR) is 86.0 cm³/mol. The fourth-order valence-corrected chi connectivity index (χ4v) is 2.52. The second-order valence-electron chi connectivity index (χ2n) is 5.24. The summed E-state index contributed by atoms with van der Waals surface area (Å²) < 4.78 is 15.2. The van der Waals surface area contributed by atoms with E-state index in [1.54, 1.807) is 18.5 Å². The monoisotopic (exact) mass is 299 g/mol. The summed E-state index contributed by atoms with van der Waals surface area (Å²) in [7, 11) is 1.91. The molecular formula is C16H18FN5. The van der Waals surface area contributed by atoms with E-state index in [0.717, 1.165) is 23.1 Å². The second-order valence-corrected chi connectivity index (χ2v) is 5.24. The van der Waals surface area contributed by atoms with E-state index in [2.05, 4.69) is 15.3 Å². The molecule has 0 saturated carbocycles. The quantitative estimate of drug-likeness (QED) is 0.777. The Morgan fingerprint density at radius 1 is 1.27 bits per heavy atom. The minimum Gasteiger partial charge on any atom is -0.382 e. The Labute approximate surface area is 128 Å². The van der Waals surface area contributed by atoms with Gasteiger partial charge in [-0.15, -0.1) is 0 Å². The van der Waals surface area contributed by atoms with E-state index in [9.17, 15) is 4.39 Å². The van der Waals surface area contributed by atoms with Crippen LogP contribution in [0.25, 0.3) is 11.0 Å². The Morgan fingerprint density at radius 2 is 2.09 bits per heavy atom. The summed E-state index contributed by atoms with van der Waals surface area (Å²) in [6.45, 7) is 2.58. The SMILES string of the molecule is CCc1cc(F)ccc1CNc1cc2c(ncn2C)c(N)n1. The Kier molecular flexibility index (Phi) is 3.66. The number of benzene rings is 1. The Hall–Kier alpha value is -2.63. The molecule has 22 heavy (non-hydrogen) atoms. The minimum absolute atomic E-state index is 0.209. The molecule has 0 atom stereocenters. The zero-order valence-corrected chi connectivity index (χ0v) is 12.6. The van der Waals surface area contributed by atoms with Crippen LogP contribution in [0.5, 0.6) is 0 Å². The van der Waals surface area contributed by atoms with Crippen LogP contribution in [0, 0.1) is 5.82 Å².